The van der Waals surface area contributed by atoms with Gasteiger partial charge in [-0.1, -0.05) is 43.3 Å². The Morgan fingerprint density at radius 2 is 1.92 bits per heavy atom. The second kappa shape index (κ2) is 10.2. The van der Waals surface area contributed by atoms with Crippen LogP contribution in [0.15, 0.2) is 89.5 Å². The van der Waals surface area contributed by atoms with Gasteiger partial charge in [0.05, 0.1) is 24.5 Å². The Hall–Kier alpha value is -4.17. The highest BCUT2D eigenvalue weighted by Crippen LogP contribution is 2.44. The van der Waals surface area contributed by atoms with Crippen LogP contribution < -0.4 is 20.3 Å². The first-order valence-corrected chi connectivity index (χ1v) is 12.1. The molecule has 0 spiro atoms. The molecule has 0 bridgehead atoms. The smallest absolute Gasteiger partial charge is 0.224 e. The Labute approximate surface area is 215 Å². The minimum absolute atomic E-state index is 0.0865. The molecule has 1 aliphatic rings. The first-order valence-electron chi connectivity index (χ1n) is 11.7. The van der Waals surface area contributed by atoms with Crippen molar-refractivity contribution in [2.45, 2.75) is 25.4 Å². The molecule has 2 atom stereocenters. The van der Waals surface area contributed by atoms with Gasteiger partial charge in [0.15, 0.2) is 5.11 Å². The lowest BCUT2D eigenvalue weighted by Crippen LogP contribution is -2.29. The molecule has 1 saturated heterocycles. The number of pyridine rings is 1. The standard InChI is InChI=1S/C28H26N4O3S/c1-3-25(33)30-20-13-12-19(17-24(20)34-2)32-27(26(31-28(32)36)21-11-7-8-16-29-21)23-15-14-22(35-23)18-9-5-4-6-10-18/h4-17,26-27H,3H2,1-2H3,(H,30,33)(H,31,36). The average Bonchev–Trinajstić information content (AvgIpc) is 3.54. The first kappa shape index (κ1) is 23.6. The second-order valence-corrected chi connectivity index (χ2v) is 8.74. The number of hydrogen-bond donors (Lipinski definition) is 2. The SMILES string of the molecule is CCC(=O)Nc1ccc(N2C(=S)NC(c3ccccn3)C2c2ccc(-c3ccccc3)o2)cc1OC. The van der Waals surface area contributed by atoms with E-state index in [0.29, 0.717) is 23.0 Å². The zero-order valence-corrected chi connectivity index (χ0v) is 20.8. The van der Waals surface area contributed by atoms with E-state index in [-0.39, 0.29) is 18.0 Å². The quantitative estimate of drug-likeness (QED) is 0.308. The van der Waals surface area contributed by atoms with Crippen molar-refractivity contribution in [1.82, 2.24) is 10.3 Å². The molecule has 2 aromatic carbocycles. The predicted octanol–water partition coefficient (Wildman–Crippen LogP) is 5.88. The van der Waals surface area contributed by atoms with Gasteiger partial charge in [-0.05, 0) is 48.6 Å². The molecule has 1 amide bonds. The van der Waals surface area contributed by atoms with Gasteiger partial charge in [0.25, 0.3) is 0 Å². The van der Waals surface area contributed by atoms with Crippen molar-refractivity contribution in [2.75, 3.05) is 17.3 Å². The summed E-state index contributed by atoms with van der Waals surface area (Å²) in [4.78, 5) is 18.6. The maximum Gasteiger partial charge on any atom is 0.224 e. The fourth-order valence-corrected chi connectivity index (χ4v) is 4.71. The van der Waals surface area contributed by atoms with E-state index in [1.54, 1.807) is 20.2 Å². The summed E-state index contributed by atoms with van der Waals surface area (Å²) in [5.74, 6) is 1.98. The first-order chi connectivity index (χ1) is 17.6. The van der Waals surface area contributed by atoms with Gasteiger partial charge in [0.1, 0.15) is 23.3 Å². The van der Waals surface area contributed by atoms with E-state index < -0.39 is 0 Å². The largest absolute Gasteiger partial charge is 0.494 e. The molecule has 36 heavy (non-hydrogen) atoms. The lowest BCUT2D eigenvalue weighted by molar-refractivity contribution is -0.115. The summed E-state index contributed by atoms with van der Waals surface area (Å²) in [6.45, 7) is 1.81. The number of thiocarbonyl (C=S) groups is 1. The number of aromatic nitrogens is 1. The summed E-state index contributed by atoms with van der Waals surface area (Å²) in [5.41, 5.74) is 3.26. The van der Waals surface area contributed by atoms with Crippen LogP contribution in [-0.4, -0.2) is 23.1 Å². The van der Waals surface area contributed by atoms with E-state index in [4.69, 9.17) is 21.4 Å². The molecule has 0 radical (unpaired) electrons. The third kappa shape index (κ3) is 4.55. The van der Waals surface area contributed by atoms with E-state index in [1.165, 1.54) is 0 Å². The number of furan rings is 1. The van der Waals surface area contributed by atoms with Crippen LogP contribution in [0.25, 0.3) is 11.3 Å². The van der Waals surface area contributed by atoms with Gasteiger partial charge in [-0.3, -0.25) is 9.78 Å². The molecule has 4 aromatic rings. The maximum absolute atomic E-state index is 12.0. The van der Waals surface area contributed by atoms with E-state index in [1.807, 2.05) is 83.8 Å². The van der Waals surface area contributed by atoms with Crippen molar-refractivity contribution < 1.29 is 13.9 Å². The lowest BCUT2D eigenvalue weighted by Gasteiger charge is -2.27. The highest BCUT2D eigenvalue weighted by molar-refractivity contribution is 7.80. The third-order valence-electron chi connectivity index (χ3n) is 6.13. The van der Waals surface area contributed by atoms with Crippen LogP contribution in [0, 0.1) is 0 Å². The summed E-state index contributed by atoms with van der Waals surface area (Å²) >= 11 is 5.81. The van der Waals surface area contributed by atoms with Crippen molar-refractivity contribution in [3.05, 3.63) is 96.5 Å². The number of nitrogens with one attached hydrogen (secondary N) is 2. The summed E-state index contributed by atoms with van der Waals surface area (Å²) in [5, 5.41) is 6.86. The molecule has 2 unspecified atom stereocenters. The molecule has 5 rings (SSSR count). The molecular formula is C28H26N4O3S. The Morgan fingerprint density at radius 1 is 1.11 bits per heavy atom. The highest BCUT2D eigenvalue weighted by atomic mass is 32.1. The van der Waals surface area contributed by atoms with Gasteiger partial charge in [-0.2, -0.15) is 0 Å². The van der Waals surface area contributed by atoms with E-state index in [2.05, 4.69) is 15.6 Å². The van der Waals surface area contributed by atoms with Gasteiger partial charge in [-0.15, -0.1) is 0 Å². The number of rotatable bonds is 7. The number of anilines is 2. The molecule has 8 heteroatoms. The van der Waals surface area contributed by atoms with Crippen LogP contribution in [0.5, 0.6) is 5.75 Å². The second-order valence-electron chi connectivity index (χ2n) is 8.35. The van der Waals surface area contributed by atoms with E-state index in [9.17, 15) is 4.79 Å². The Kier molecular flexibility index (Phi) is 6.69. The minimum atomic E-state index is -0.300. The number of benzene rings is 2. The monoisotopic (exact) mass is 498 g/mol. The van der Waals surface area contributed by atoms with Crippen LogP contribution in [0.4, 0.5) is 11.4 Å². The predicted molar refractivity (Wildman–Crippen MR) is 144 cm³/mol. The van der Waals surface area contributed by atoms with Gasteiger partial charge in [0.2, 0.25) is 5.91 Å². The van der Waals surface area contributed by atoms with Crippen LogP contribution in [0.2, 0.25) is 0 Å². The molecule has 2 aromatic heterocycles. The van der Waals surface area contributed by atoms with E-state index >= 15 is 0 Å². The molecule has 7 nitrogen and oxygen atoms in total. The normalized spacial score (nSPS) is 17.1. The summed E-state index contributed by atoms with van der Waals surface area (Å²) in [7, 11) is 1.58. The zero-order valence-electron chi connectivity index (χ0n) is 20.0. The average molecular weight is 499 g/mol. The molecule has 1 fully saturated rings. The van der Waals surface area contributed by atoms with Gasteiger partial charge >= 0.3 is 0 Å². The van der Waals surface area contributed by atoms with Crippen LogP contribution in [0.3, 0.4) is 0 Å². The number of amides is 1. The summed E-state index contributed by atoms with van der Waals surface area (Å²) in [6, 6.07) is 24.8. The zero-order chi connectivity index (χ0) is 25.1. The Bertz CT molecular complexity index is 1370. The maximum atomic E-state index is 12.0. The minimum Gasteiger partial charge on any atom is -0.494 e. The number of nitrogens with zero attached hydrogens (tertiary/aromatic N) is 2. The molecule has 0 aliphatic carbocycles. The van der Waals surface area contributed by atoms with E-state index in [0.717, 1.165) is 28.5 Å². The molecule has 182 valence electrons. The molecule has 2 N–H and O–H groups in total. The number of ether oxygens (including phenoxy) is 1. The molecule has 3 heterocycles. The van der Waals surface area contributed by atoms with Crippen molar-refractivity contribution in [3.63, 3.8) is 0 Å². The molecule has 0 saturated carbocycles. The van der Waals surface area contributed by atoms with Crippen LogP contribution >= 0.6 is 12.2 Å². The van der Waals surface area contributed by atoms with Crippen molar-refractivity contribution in [1.29, 1.82) is 0 Å². The van der Waals surface area contributed by atoms with Crippen LogP contribution in [-0.2, 0) is 4.79 Å². The highest BCUT2D eigenvalue weighted by Gasteiger charge is 2.42. The summed E-state index contributed by atoms with van der Waals surface area (Å²) in [6.07, 6.45) is 2.15. The van der Waals surface area contributed by atoms with Crippen LogP contribution in [0.1, 0.15) is 36.9 Å². The summed E-state index contributed by atoms with van der Waals surface area (Å²) < 4.78 is 12.0. The number of carbonyl (C=O) groups excluding carboxylic acids is 1. The Balaban J connectivity index is 1.57. The fourth-order valence-electron chi connectivity index (χ4n) is 4.36. The lowest BCUT2D eigenvalue weighted by atomic mass is 10.0. The third-order valence-corrected chi connectivity index (χ3v) is 6.45. The molecule has 1 aliphatic heterocycles. The topological polar surface area (TPSA) is 79.6 Å². The number of carbonyl (C=O) groups is 1. The number of hydrogen-bond acceptors (Lipinski definition) is 5. The Morgan fingerprint density at radius 3 is 2.64 bits per heavy atom. The van der Waals surface area contributed by atoms with Crippen molar-refractivity contribution >= 4 is 34.6 Å². The molecular weight excluding hydrogens is 472 g/mol. The van der Waals surface area contributed by atoms with Gasteiger partial charge < -0.3 is 24.7 Å². The number of methoxy groups -OCH3 is 1. The van der Waals surface area contributed by atoms with Gasteiger partial charge in [-0.25, -0.2) is 0 Å². The van der Waals surface area contributed by atoms with Gasteiger partial charge in [0, 0.05) is 29.9 Å². The fraction of sp³-hybridized carbons (Fsp3) is 0.179. The van der Waals surface area contributed by atoms with Crippen molar-refractivity contribution in [2.24, 2.45) is 0 Å². The van der Waals surface area contributed by atoms with Crippen molar-refractivity contribution in [3.8, 4) is 17.1 Å².